The Bertz CT molecular complexity index is 1110. The van der Waals surface area contributed by atoms with Gasteiger partial charge in [0.25, 0.3) is 0 Å². The molecule has 7 heteroatoms. The lowest BCUT2D eigenvalue weighted by atomic mass is 9.99. The number of methoxy groups -OCH3 is 1. The highest BCUT2D eigenvalue weighted by Crippen LogP contribution is 2.28. The Morgan fingerprint density at radius 2 is 1.70 bits per heavy atom. The van der Waals surface area contributed by atoms with Gasteiger partial charge in [-0.3, -0.25) is 0 Å². The lowest BCUT2D eigenvalue weighted by Gasteiger charge is -2.14. The van der Waals surface area contributed by atoms with Crippen LogP contribution >= 0.6 is 15.9 Å². The van der Waals surface area contributed by atoms with E-state index in [1.54, 1.807) is 12.1 Å². The number of ether oxygens (including phenoxy) is 1. The smallest absolute Gasteiger partial charge is 0.244 e. The molecule has 0 aliphatic rings. The van der Waals surface area contributed by atoms with Gasteiger partial charge in [-0.05, 0) is 54.5 Å². The van der Waals surface area contributed by atoms with Crippen molar-refractivity contribution in [1.82, 2.24) is 9.62 Å². The molecule has 0 fully saturated rings. The fourth-order valence-electron chi connectivity index (χ4n) is 3.22. The molecule has 0 bridgehead atoms. The van der Waals surface area contributed by atoms with Gasteiger partial charge >= 0.3 is 0 Å². The normalized spacial score (nSPS) is 11.6. The molecule has 3 rings (SSSR count). The largest absolute Gasteiger partial charge is 0.495 e. The van der Waals surface area contributed by atoms with Gasteiger partial charge in [0.1, 0.15) is 10.6 Å². The minimum atomic E-state index is -3.75. The summed E-state index contributed by atoms with van der Waals surface area (Å²) >= 11 is 3.33. The van der Waals surface area contributed by atoms with Crippen molar-refractivity contribution in [3.8, 4) is 16.9 Å². The number of hydrogen-bond donors (Lipinski definition) is 1. The topological polar surface area (TPSA) is 58.6 Å². The van der Waals surface area contributed by atoms with Gasteiger partial charge in [-0.25, -0.2) is 13.1 Å². The highest BCUT2D eigenvalue weighted by atomic mass is 79.9. The molecule has 0 radical (unpaired) electrons. The average molecular weight is 489 g/mol. The van der Waals surface area contributed by atoms with Crippen molar-refractivity contribution in [2.45, 2.75) is 18.0 Å². The van der Waals surface area contributed by atoms with Gasteiger partial charge in [-0.2, -0.15) is 0 Å². The maximum absolute atomic E-state index is 12.9. The fraction of sp³-hybridized carbons (Fsp3) is 0.217. The number of sulfonamides is 1. The van der Waals surface area contributed by atoms with Crippen molar-refractivity contribution in [3.63, 3.8) is 0 Å². The van der Waals surface area contributed by atoms with Crippen LogP contribution in [0.4, 0.5) is 0 Å². The molecule has 158 valence electrons. The van der Waals surface area contributed by atoms with Crippen molar-refractivity contribution in [1.29, 1.82) is 0 Å². The predicted molar refractivity (Wildman–Crippen MR) is 124 cm³/mol. The molecular formula is C23H25BrN2O3S. The second-order valence-corrected chi connectivity index (χ2v) is 9.86. The predicted octanol–water partition coefficient (Wildman–Crippen LogP) is 4.66. The molecule has 30 heavy (non-hydrogen) atoms. The van der Waals surface area contributed by atoms with E-state index < -0.39 is 10.0 Å². The zero-order valence-corrected chi connectivity index (χ0v) is 19.6. The number of nitrogens with zero attached hydrogens (tertiary/aromatic N) is 1. The van der Waals surface area contributed by atoms with Crippen molar-refractivity contribution in [2.75, 3.05) is 21.2 Å². The highest BCUT2D eigenvalue weighted by molar-refractivity contribution is 9.10. The van der Waals surface area contributed by atoms with Crippen LogP contribution in [0, 0.1) is 0 Å². The summed E-state index contributed by atoms with van der Waals surface area (Å²) in [6.45, 7) is 1.05. The van der Waals surface area contributed by atoms with Gasteiger partial charge in [-0.1, -0.05) is 64.5 Å². The monoisotopic (exact) mass is 488 g/mol. The van der Waals surface area contributed by atoms with Crippen LogP contribution in [0.25, 0.3) is 11.1 Å². The van der Waals surface area contributed by atoms with Crippen LogP contribution in [-0.2, 0) is 23.1 Å². The second-order valence-electron chi connectivity index (χ2n) is 7.21. The Balaban J connectivity index is 1.84. The van der Waals surface area contributed by atoms with Crippen LogP contribution < -0.4 is 9.46 Å². The summed E-state index contributed by atoms with van der Waals surface area (Å²) in [5, 5.41) is 0. The number of halogens is 1. The summed E-state index contributed by atoms with van der Waals surface area (Å²) in [5.41, 5.74) is 4.17. The molecular weight excluding hydrogens is 464 g/mol. The summed E-state index contributed by atoms with van der Waals surface area (Å²) in [6.07, 6.45) is 0. The third-order valence-electron chi connectivity index (χ3n) is 4.65. The van der Waals surface area contributed by atoms with Crippen LogP contribution in [0.2, 0.25) is 0 Å². The quantitative estimate of drug-likeness (QED) is 0.500. The molecule has 0 aromatic heterocycles. The second kappa shape index (κ2) is 9.75. The van der Waals surface area contributed by atoms with E-state index in [1.165, 1.54) is 18.7 Å². The number of nitrogens with one attached hydrogen (secondary N) is 1. The van der Waals surface area contributed by atoms with Crippen molar-refractivity contribution in [2.24, 2.45) is 0 Å². The standard InChI is InChI=1S/C23H25BrN2O3S/c1-26(2)16-17-8-10-18(11-9-17)21-7-5-4-6-19(21)15-25-30(27,28)23-14-20(24)12-13-22(23)29-3/h4-14,25H,15-16H2,1-3H3. The molecule has 0 aliphatic heterocycles. The molecule has 3 aromatic carbocycles. The molecule has 3 aromatic rings. The average Bonchev–Trinajstić information content (AvgIpc) is 2.73. The van der Waals surface area contributed by atoms with Gasteiger partial charge in [0.15, 0.2) is 0 Å². The molecule has 0 spiro atoms. The van der Waals surface area contributed by atoms with Crippen LogP contribution in [-0.4, -0.2) is 34.5 Å². The minimum absolute atomic E-state index is 0.102. The number of benzene rings is 3. The third kappa shape index (κ3) is 5.49. The Hall–Kier alpha value is -2.19. The van der Waals surface area contributed by atoms with Crippen molar-refractivity contribution in [3.05, 3.63) is 82.3 Å². The number of hydrogen-bond acceptors (Lipinski definition) is 4. The molecule has 0 saturated heterocycles. The summed E-state index contributed by atoms with van der Waals surface area (Å²) in [6, 6.07) is 21.1. The maximum Gasteiger partial charge on any atom is 0.244 e. The molecule has 0 heterocycles. The Kier molecular flexibility index (Phi) is 7.31. The van der Waals surface area contributed by atoms with E-state index in [9.17, 15) is 8.42 Å². The van der Waals surface area contributed by atoms with Crippen molar-refractivity contribution >= 4 is 26.0 Å². The van der Waals surface area contributed by atoms with E-state index >= 15 is 0 Å². The molecule has 0 atom stereocenters. The van der Waals surface area contributed by atoms with Crippen LogP contribution in [0.1, 0.15) is 11.1 Å². The van der Waals surface area contributed by atoms with E-state index in [-0.39, 0.29) is 11.4 Å². The van der Waals surface area contributed by atoms with E-state index in [0.29, 0.717) is 10.2 Å². The Labute approximate surface area is 186 Å². The lowest BCUT2D eigenvalue weighted by Crippen LogP contribution is -2.24. The van der Waals surface area contributed by atoms with E-state index in [1.807, 2.05) is 38.4 Å². The Morgan fingerprint density at radius 1 is 1.00 bits per heavy atom. The van der Waals surface area contributed by atoms with Crippen molar-refractivity contribution < 1.29 is 13.2 Å². The van der Waals surface area contributed by atoms with Gasteiger partial charge in [0.05, 0.1) is 7.11 Å². The third-order valence-corrected chi connectivity index (χ3v) is 6.56. The Morgan fingerprint density at radius 3 is 2.37 bits per heavy atom. The van der Waals surface area contributed by atoms with Gasteiger partial charge in [0, 0.05) is 17.6 Å². The minimum Gasteiger partial charge on any atom is -0.495 e. The fourth-order valence-corrected chi connectivity index (χ4v) is 4.93. The SMILES string of the molecule is COc1ccc(Br)cc1S(=O)(=O)NCc1ccccc1-c1ccc(CN(C)C)cc1. The van der Waals surface area contributed by atoms with Crippen LogP contribution in [0.15, 0.2) is 76.1 Å². The van der Waals surface area contributed by atoms with Crippen LogP contribution in [0.5, 0.6) is 5.75 Å². The first-order chi connectivity index (χ1) is 14.3. The van der Waals surface area contributed by atoms with E-state index in [2.05, 4.69) is 49.8 Å². The van der Waals surface area contributed by atoms with Gasteiger partial charge in [-0.15, -0.1) is 0 Å². The molecule has 0 saturated carbocycles. The molecule has 0 aliphatic carbocycles. The lowest BCUT2D eigenvalue weighted by molar-refractivity contribution is 0.402. The molecule has 0 amide bonds. The first-order valence-corrected chi connectivity index (χ1v) is 11.7. The summed E-state index contributed by atoms with van der Waals surface area (Å²) in [4.78, 5) is 2.22. The summed E-state index contributed by atoms with van der Waals surface area (Å²) < 4.78 is 34.4. The first-order valence-electron chi connectivity index (χ1n) is 9.45. The van der Waals surface area contributed by atoms with Gasteiger partial charge in [0.2, 0.25) is 10.0 Å². The van der Waals surface area contributed by atoms with Crippen LogP contribution in [0.3, 0.4) is 0 Å². The molecule has 0 unspecified atom stereocenters. The van der Waals surface area contributed by atoms with E-state index in [4.69, 9.17) is 4.74 Å². The first kappa shape index (κ1) is 22.5. The van der Waals surface area contributed by atoms with Gasteiger partial charge < -0.3 is 9.64 Å². The number of rotatable bonds is 8. The highest BCUT2D eigenvalue weighted by Gasteiger charge is 2.20. The van der Waals surface area contributed by atoms with E-state index in [0.717, 1.165) is 23.2 Å². The maximum atomic E-state index is 12.9. The molecule has 5 nitrogen and oxygen atoms in total. The summed E-state index contributed by atoms with van der Waals surface area (Å²) in [5.74, 6) is 0.301. The molecule has 1 N–H and O–H groups in total. The summed E-state index contributed by atoms with van der Waals surface area (Å²) in [7, 11) is 1.78. The zero-order chi connectivity index (χ0) is 21.7. The zero-order valence-electron chi connectivity index (χ0n) is 17.2.